The summed E-state index contributed by atoms with van der Waals surface area (Å²) in [6.07, 6.45) is 1.64. The zero-order valence-electron chi connectivity index (χ0n) is 10.8. The largest absolute Gasteiger partial charge is 0.461 e. The fraction of sp³-hybridized carbons (Fsp3) is 0.286. The maximum Gasteiger partial charge on any atom is 0.270 e. The zero-order chi connectivity index (χ0) is 13.8. The summed E-state index contributed by atoms with van der Waals surface area (Å²) in [5.41, 5.74) is 7.23. The molecule has 0 atom stereocenters. The van der Waals surface area contributed by atoms with Crippen LogP contribution in [0.4, 0.5) is 5.69 Å². The van der Waals surface area contributed by atoms with E-state index in [4.69, 9.17) is 10.2 Å². The van der Waals surface area contributed by atoms with Gasteiger partial charge in [0, 0.05) is 24.1 Å². The highest BCUT2D eigenvalue weighted by molar-refractivity contribution is 5.65. The number of benzene rings is 1. The Morgan fingerprint density at radius 1 is 1.32 bits per heavy atom. The SMILES string of the molecule is Cc1ccc([N+](=O)[O-])cc1-c1ccc(CCCN)o1. The monoisotopic (exact) mass is 260 g/mol. The van der Waals surface area contributed by atoms with Gasteiger partial charge >= 0.3 is 0 Å². The van der Waals surface area contributed by atoms with Gasteiger partial charge in [-0.3, -0.25) is 10.1 Å². The second-order valence-electron chi connectivity index (χ2n) is 4.41. The third-order valence-corrected chi connectivity index (χ3v) is 2.99. The number of nitro groups is 1. The van der Waals surface area contributed by atoms with Crippen LogP contribution in [0.1, 0.15) is 17.7 Å². The summed E-state index contributed by atoms with van der Waals surface area (Å²) in [5.74, 6) is 1.51. The molecule has 0 aliphatic heterocycles. The van der Waals surface area contributed by atoms with Crippen LogP contribution in [0.2, 0.25) is 0 Å². The first kappa shape index (κ1) is 13.3. The molecule has 5 nitrogen and oxygen atoms in total. The molecule has 0 fully saturated rings. The Balaban J connectivity index is 2.32. The van der Waals surface area contributed by atoms with E-state index in [2.05, 4.69) is 0 Å². The van der Waals surface area contributed by atoms with Crippen molar-refractivity contribution in [2.24, 2.45) is 5.73 Å². The van der Waals surface area contributed by atoms with Crippen molar-refractivity contribution in [1.29, 1.82) is 0 Å². The Morgan fingerprint density at radius 2 is 2.11 bits per heavy atom. The summed E-state index contributed by atoms with van der Waals surface area (Å²) in [6.45, 7) is 2.52. The molecular formula is C14H16N2O3. The van der Waals surface area contributed by atoms with Crippen LogP contribution in [0.3, 0.4) is 0 Å². The van der Waals surface area contributed by atoms with E-state index in [1.807, 2.05) is 19.1 Å². The minimum Gasteiger partial charge on any atom is -0.461 e. The highest BCUT2D eigenvalue weighted by atomic mass is 16.6. The average Bonchev–Trinajstić information content (AvgIpc) is 2.85. The van der Waals surface area contributed by atoms with Crippen LogP contribution < -0.4 is 5.73 Å². The van der Waals surface area contributed by atoms with E-state index in [9.17, 15) is 10.1 Å². The van der Waals surface area contributed by atoms with Crippen molar-refractivity contribution < 1.29 is 9.34 Å². The summed E-state index contributed by atoms with van der Waals surface area (Å²) in [6, 6.07) is 8.51. The number of aryl methyl sites for hydroxylation is 2. The minimum atomic E-state index is -0.402. The molecule has 0 bridgehead atoms. The lowest BCUT2D eigenvalue weighted by Crippen LogP contribution is -1.99. The Labute approximate surface area is 111 Å². The first-order valence-corrected chi connectivity index (χ1v) is 6.16. The van der Waals surface area contributed by atoms with Gasteiger partial charge in [-0.25, -0.2) is 0 Å². The summed E-state index contributed by atoms with van der Waals surface area (Å²) < 4.78 is 5.71. The normalized spacial score (nSPS) is 10.6. The van der Waals surface area contributed by atoms with E-state index in [0.717, 1.165) is 29.7 Å². The van der Waals surface area contributed by atoms with Crippen molar-refractivity contribution in [2.75, 3.05) is 6.54 Å². The van der Waals surface area contributed by atoms with E-state index in [1.165, 1.54) is 6.07 Å². The van der Waals surface area contributed by atoms with E-state index < -0.39 is 4.92 Å². The molecule has 0 aliphatic carbocycles. The standard InChI is InChI=1S/C14H16N2O3/c1-10-4-5-11(16(17)18)9-13(10)14-7-6-12(19-14)3-2-8-15/h4-7,9H,2-3,8,15H2,1H3. The van der Waals surface area contributed by atoms with Crippen molar-refractivity contribution in [3.8, 4) is 11.3 Å². The maximum atomic E-state index is 10.8. The molecule has 0 aliphatic rings. The lowest BCUT2D eigenvalue weighted by Gasteiger charge is -2.02. The van der Waals surface area contributed by atoms with Gasteiger partial charge in [-0.05, 0) is 37.6 Å². The van der Waals surface area contributed by atoms with Gasteiger partial charge in [0.05, 0.1) is 4.92 Å². The number of hydrogen-bond acceptors (Lipinski definition) is 4. The van der Waals surface area contributed by atoms with Gasteiger partial charge in [-0.15, -0.1) is 0 Å². The number of furan rings is 1. The Kier molecular flexibility index (Phi) is 3.97. The number of nitrogens with two attached hydrogens (primary N) is 1. The van der Waals surface area contributed by atoms with Gasteiger partial charge in [0.2, 0.25) is 0 Å². The van der Waals surface area contributed by atoms with Crippen LogP contribution in [-0.2, 0) is 6.42 Å². The molecule has 2 N–H and O–H groups in total. The van der Waals surface area contributed by atoms with Crippen molar-refractivity contribution in [3.63, 3.8) is 0 Å². The van der Waals surface area contributed by atoms with Gasteiger partial charge in [-0.1, -0.05) is 6.07 Å². The molecule has 0 radical (unpaired) electrons. The van der Waals surface area contributed by atoms with Crippen LogP contribution in [0.15, 0.2) is 34.7 Å². The molecule has 19 heavy (non-hydrogen) atoms. The van der Waals surface area contributed by atoms with Crippen LogP contribution in [0.5, 0.6) is 0 Å². The molecule has 2 rings (SSSR count). The number of non-ortho nitro benzene ring substituents is 1. The topological polar surface area (TPSA) is 82.3 Å². The molecule has 0 amide bonds. The minimum absolute atomic E-state index is 0.0699. The Hall–Kier alpha value is -2.14. The molecule has 0 saturated carbocycles. The van der Waals surface area contributed by atoms with Crippen LogP contribution in [0.25, 0.3) is 11.3 Å². The highest BCUT2D eigenvalue weighted by Crippen LogP contribution is 2.29. The molecule has 1 aromatic heterocycles. The predicted molar refractivity (Wildman–Crippen MR) is 72.9 cm³/mol. The molecule has 1 heterocycles. The van der Waals surface area contributed by atoms with E-state index in [-0.39, 0.29) is 5.69 Å². The smallest absolute Gasteiger partial charge is 0.270 e. The molecule has 0 spiro atoms. The van der Waals surface area contributed by atoms with Crippen LogP contribution in [0, 0.1) is 17.0 Å². The van der Waals surface area contributed by atoms with E-state index in [0.29, 0.717) is 12.3 Å². The van der Waals surface area contributed by atoms with Crippen molar-refractivity contribution in [2.45, 2.75) is 19.8 Å². The number of rotatable bonds is 5. The molecule has 1 aromatic carbocycles. The highest BCUT2D eigenvalue weighted by Gasteiger charge is 2.13. The molecule has 5 heteroatoms. The average molecular weight is 260 g/mol. The van der Waals surface area contributed by atoms with Gasteiger partial charge in [0.1, 0.15) is 11.5 Å². The molecule has 0 saturated heterocycles. The van der Waals surface area contributed by atoms with Gasteiger partial charge in [0.15, 0.2) is 0 Å². The van der Waals surface area contributed by atoms with E-state index in [1.54, 1.807) is 12.1 Å². The first-order valence-electron chi connectivity index (χ1n) is 6.16. The van der Waals surface area contributed by atoms with Gasteiger partial charge in [0.25, 0.3) is 5.69 Å². The second kappa shape index (κ2) is 5.67. The fourth-order valence-corrected chi connectivity index (χ4v) is 1.92. The lowest BCUT2D eigenvalue weighted by atomic mass is 10.1. The lowest BCUT2D eigenvalue weighted by molar-refractivity contribution is -0.384. The Bertz CT molecular complexity index is 590. The van der Waals surface area contributed by atoms with Gasteiger partial charge in [-0.2, -0.15) is 0 Å². The Morgan fingerprint density at radius 3 is 2.79 bits per heavy atom. The second-order valence-corrected chi connectivity index (χ2v) is 4.41. The zero-order valence-corrected chi connectivity index (χ0v) is 10.8. The number of nitrogens with zero attached hydrogens (tertiary/aromatic N) is 1. The molecule has 100 valence electrons. The summed E-state index contributed by atoms with van der Waals surface area (Å²) in [5, 5.41) is 10.8. The van der Waals surface area contributed by atoms with Crippen LogP contribution >= 0.6 is 0 Å². The third-order valence-electron chi connectivity index (χ3n) is 2.99. The molecule has 0 unspecified atom stereocenters. The van der Waals surface area contributed by atoms with Crippen molar-refractivity contribution in [1.82, 2.24) is 0 Å². The summed E-state index contributed by atoms with van der Waals surface area (Å²) >= 11 is 0. The number of nitro benzene ring substituents is 1. The summed E-state index contributed by atoms with van der Waals surface area (Å²) in [7, 11) is 0. The van der Waals surface area contributed by atoms with Gasteiger partial charge < -0.3 is 10.2 Å². The predicted octanol–water partition coefficient (Wildman–Crippen LogP) is 3.05. The molecular weight excluding hydrogens is 244 g/mol. The van der Waals surface area contributed by atoms with Crippen molar-refractivity contribution >= 4 is 5.69 Å². The van der Waals surface area contributed by atoms with E-state index >= 15 is 0 Å². The number of hydrogen-bond donors (Lipinski definition) is 1. The fourth-order valence-electron chi connectivity index (χ4n) is 1.92. The quantitative estimate of drug-likeness (QED) is 0.661. The first-order chi connectivity index (χ1) is 9.11. The van der Waals surface area contributed by atoms with Crippen LogP contribution in [-0.4, -0.2) is 11.5 Å². The molecule has 2 aromatic rings. The maximum absolute atomic E-state index is 10.8. The summed E-state index contributed by atoms with van der Waals surface area (Å²) in [4.78, 5) is 10.4. The third kappa shape index (κ3) is 3.00. The van der Waals surface area contributed by atoms with Crippen molar-refractivity contribution in [3.05, 3.63) is 51.8 Å².